The Bertz CT molecular complexity index is 1480. The van der Waals surface area contributed by atoms with Crippen LogP contribution < -0.4 is 10.3 Å². The first kappa shape index (κ1) is 22.6. The molecule has 0 radical (unpaired) electrons. The molecule has 4 aromatic rings. The normalized spacial score (nSPS) is 11.1. The molecule has 0 aliphatic rings. The molecule has 0 bridgehead atoms. The Morgan fingerprint density at radius 3 is 2.30 bits per heavy atom. The second-order valence-corrected chi connectivity index (χ2v) is 8.35. The monoisotopic (exact) mass is 522 g/mol. The van der Waals surface area contributed by atoms with Crippen LogP contribution in [0.3, 0.4) is 0 Å². The summed E-state index contributed by atoms with van der Waals surface area (Å²) >= 11 is 9.06. The molecule has 166 valence electrons. The van der Waals surface area contributed by atoms with E-state index in [1.54, 1.807) is 54.6 Å². The molecule has 0 atom stereocenters. The predicted molar refractivity (Wildman–Crippen MR) is 133 cm³/mol. The van der Waals surface area contributed by atoms with Gasteiger partial charge in [-0.05, 0) is 67.2 Å². The van der Waals surface area contributed by atoms with Gasteiger partial charge in [-0.2, -0.15) is 0 Å². The van der Waals surface area contributed by atoms with Crippen LogP contribution in [0.4, 0.5) is 11.4 Å². The number of aromatic hydroxyl groups is 1. The van der Waals surface area contributed by atoms with Crippen LogP contribution in [0.1, 0.15) is 5.56 Å². The van der Waals surface area contributed by atoms with Crippen molar-refractivity contribution < 1.29 is 9.84 Å². The van der Waals surface area contributed by atoms with Gasteiger partial charge in [-0.15, -0.1) is 10.2 Å². The number of ether oxygens (including phenoxy) is 1. The van der Waals surface area contributed by atoms with E-state index in [0.29, 0.717) is 22.8 Å². The minimum atomic E-state index is -0.594. The molecule has 1 heterocycles. The molecule has 33 heavy (non-hydrogen) atoms. The number of para-hydroxylation sites is 2. The molecular weight excluding hydrogens is 504 g/mol. The van der Waals surface area contributed by atoms with Crippen LogP contribution in [0.15, 0.2) is 92.3 Å². The van der Waals surface area contributed by atoms with Crippen molar-refractivity contribution in [2.24, 2.45) is 10.2 Å². The molecule has 0 saturated heterocycles. The summed E-state index contributed by atoms with van der Waals surface area (Å²) in [6, 6.07) is 21.5. The highest BCUT2D eigenvalue weighted by molar-refractivity contribution is 9.10. The fourth-order valence-corrected chi connectivity index (χ4v) is 3.94. The third-order valence-corrected chi connectivity index (χ3v) is 5.89. The van der Waals surface area contributed by atoms with Gasteiger partial charge >= 0.3 is 0 Å². The first-order valence-corrected chi connectivity index (χ1v) is 11.1. The van der Waals surface area contributed by atoms with Crippen molar-refractivity contribution in [2.45, 2.75) is 6.92 Å². The van der Waals surface area contributed by atoms with Gasteiger partial charge in [0, 0.05) is 4.47 Å². The van der Waals surface area contributed by atoms with Gasteiger partial charge in [-0.3, -0.25) is 13.9 Å². The van der Waals surface area contributed by atoms with Gasteiger partial charge in [0.1, 0.15) is 5.75 Å². The van der Waals surface area contributed by atoms with Gasteiger partial charge in [0.15, 0.2) is 4.77 Å². The average molecular weight is 523 g/mol. The lowest BCUT2D eigenvalue weighted by Gasteiger charge is -2.17. The number of hydrogen-bond donors (Lipinski definition) is 1. The van der Waals surface area contributed by atoms with Crippen LogP contribution in [-0.4, -0.2) is 21.4 Å². The molecule has 0 amide bonds. The highest BCUT2D eigenvalue weighted by Crippen LogP contribution is 2.33. The predicted octanol–water partition coefficient (Wildman–Crippen LogP) is 6.56. The minimum Gasteiger partial charge on any atom is -0.495 e. The Labute approximate surface area is 203 Å². The van der Waals surface area contributed by atoms with Crippen LogP contribution >= 0.6 is 28.1 Å². The lowest BCUT2D eigenvalue weighted by molar-refractivity contribution is 0.402. The summed E-state index contributed by atoms with van der Waals surface area (Å²) in [5, 5.41) is 19.5. The zero-order valence-electron chi connectivity index (χ0n) is 17.8. The Morgan fingerprint density at radius 2 is 1.61 bits per heavy atom. The summed E-state index contributed by atoms with van der Waals surface area (Å²) in [6.07, 6.45) is 0. The van der Waals surface area contributed by atoms with Crippen molar-refractivity contribution >= 4 is 39.5 Å². The van der Waals surface area contributed by atoms with Gasteiger partial charge in [0.25, 0.3) is 5.56 Å². The molecule has 7 nitrogen and oxygen atoms in total. The van der Waals surface area contributed by atoms with Gasteiger partial charge < -0.3 is 9.84 Å². The van der Waals surface area contributed by atoms with Crippen LogP contribution in [0, 0.1) is 11.7 Å². The molecule has 3 aromatic carbocycles. The molecule has 0 saturated carbocycles. The smallest absolute Gasteiger partial charge is 0.290 e. The zero-order valence-corrected chi connectivity index (χ0v) is 20.2. The second-order valence-electron chi connectivity index (χ2n) is 7.07. The highest BCUT2D eigenvalue weighted by Gasteiger charge is 2.21. The van der Waals surface area contributed by atoms with Crippen molar-refractivity contribution in [3.8, 4) is 23.0 Å². The quantitative estimate of drug-likeness (QED) is 0.237. The third-order valence-electron chi connectivity index (χ3n) is 5.00. The standard InChI is InChI=1S/C24H19BrN4O3S/c1-15-7-3-4-8-18(15)26-27-21-22(30)28(17-13-11-16(25)12-14-17)24(33)29(23(21)31)19-9-5-6-10-20(19)32-2/h3-14,31H,1-2H3. The van der Waals surface area contributed by atoms with E-state index in [0.717, 1.165) is 10.0 Å². The molecule has 4 rings (SSSR count). The van der Waals surface area contributed by atoms with E-state index >= 15 is 0 Å². The highest BCUT2D eigenvalue weighted by atomic mass is 79.9. The number of benzene rings is 3. The first-order valence-electron chi connectivity index (χ1n) is 9.90. The van der Waals surface area contributed by atoms with Crippen LogP contribution in [-0.2, 0) is 0 Å². The van der Waals surface area contributed by atoms with E-state index in [-0.39, 0.29) is 10.5 Å². The zero-order chi connectivity index (χ0) is 23.5. The van der Waals surface area contributed by atoms with E-state index in [1.807, 2.05) is 25.1 Å². The van der Waals surface area contributed by atoms with Crippen molar-refractivity contribution in [2.75, 3.05) is 7.11 Å². The summed E-state index contributed by atoms with van der Waals surface area (Å²) < 4.78 is 9.02. The molecule has 1 N–H and O–H groups in total. The number of halogens is 1. The Morgan fingerprint density at radius 1 is 0.939 bits per heavy atom. The summed E-state index contributed by atoms with van der Waals surface area (Å²) in [4.78, 5) is 13.5. The van der Waals surface area contributed by atoms with E-state index in [2.05, 4.69) is 26.2 Å². The lowest BCUT2D eigenvalue weighted by atomic mass is 10.2. The number of rotatable bonds is 5. The second kappa shape index (κ2) is 9.51. The van der Waals surface area contributed by atoms with Gasteiger partial charge in [0.05, 0.1) is 24.2 Å². The van der Waals surface area contributed by atoms with Crippen molar-refractivity contribution in [3.05, 3.63) is 98.0 Å². The molecule has 0 aliphatic heterocycles. The lowest BCUT2D eigenvalue weighted by Crippen LogP contribution is -2.23. The van der Waals surface area contributed by atoms with E-state index in [4.69, 9.17) is 17.0 Å². The Hall–Kier alpha value is -3.56. The summed E-state index contributed by atoms with van der Waals surface area (Å²) in [6.45, 7) is 1.88. The topological polar surface area (TPSA) is 81.1 Å². The first-order chi connectivity index (χ1) is 15.9. The molecule has 0 spiro atoms. The van der Waals surface area contributed by atoms with Gasteiger partial charge in [-0.1, -0.05) is 46.3 Å². The fourth-order valence-electron chi connectivity index (χ4n) is 3.30. The molecule has 0 fully saturated rings. The number of methoxy groups -OCH3 is 1. The SMILES string of the molecule is COc1ccccc1-n1c(O)c(N=Nc2ccccc2C)c(=O)n(-c2ccc(Br)cc2)c1=S. The van der Waals surface area contributed by atoms with Crippen molar-refractivity contribution in [1.29, 1.82) is 0 Å². The largest absolute Gasteiger partial charge is 0.495 e. The molecule has 9 heteroatoms. The van der Waals surface area contributed by atoms with E-state index < -0.39 is 11.4 Å². The number of nitrogens with zero attached hydrogens (tertiary/aromatic N) is 4. The van der Waals surface area contributed by atoms with E-state index in [1.165, 1.54) is 16.2 Å². The third kappa shape index (κ3) is 4.37. The van der Waals surface area contributed by atoms with Gasteiger partial charge in [0.2, 0.25) is 11.6 Å². The maximum absolute atomic E-state index is 13.5. The molecular formula is C24H19BrN4O3S. The average Bonchev–Trinajstić information content (AvgIpc) is 2.81. The maximum Gasteiger partial charge on any atom is 0.290 e. The summed E-state index contributed by atoms with van der Waals surface area (Å²) in [7, 11) is 1.52. The maximum atomic E-state index is 13.5. The number of azo groups is 1. The minimum absolute atomic E-state index is 0.0548. The Balaban J connectivity index is 2.05. The Kier molecular flexibility index (Phi) is 6.52. The molecule has 0 unspecified atom stereocenters. The van der Waals surface area contributed by atoms with Gasteiger partial charge in [-0.25, -0.2) is 0 Å². The van der Waals surface area contributed by atoms with Crippen molar-refractivity contribution in [3.63, 3.8) is 0 Å². The van der Waals surface area contributed by atoms with Crippen molar-refractivity contribution in [1.82, 2.24) is 9.13 Å². The van der Waals surface area contributed by atoms with Crippen LogP contribution in [0.25, 0.3) is 11.4 Å². The van der Waals surface area contributed by atoms with Crippen LogP contribution in [0.5, 0.6) is 11.6 Å². The molecule has 0 aliphatic carbocycles. The van der Waals surface area contributed by atoms with Crippen LogP contribution in [0.2, 0.25) is 0 Å². The summed E-state index contributed by atoms with van der Waals surface area (Å²) in [5.74, 6) is 0.0342. The number of aryl methyl sites for hydroxylation is 1. The summed E-state index contributed by atoms with van der Waals surface area (Å²) in [5.41, 5.74) is 1.60. The van der Waals surface area contributed by atoms with E-state index in [9.17, 15) is 9.90 Å². The number of aromatic nitrogens is 2. The number of hydrogen-bond acceptors (Lipinski definition) is 6. The molecule has 1 aromatic heterocycles. The fraction of sp³-hybridized carbons (Fsp3) is 0.0833.